The van der Waals surface area contributed by atoms with Gasteiger partial charge in [-0.25, -0.2) is 0 Å². The summed E-state index contributed by atoms with van der Waals surface area (Å²) in [7, 11) is -4.39. The van der Waals surface area contributed by atoms with E-state index in [4.69, 9.17) is 9.00 Å². The summed E-state index contributed by atoms with van der Waals surface area (Å²) in [5, 5.41) is 0. The van der Waals surface area contributed by atoms with E-state index in [0.717, 1.165) is 25.7 Å². The Labute approximate surface area is 153 Å². The van der Waals surface area contributed by atoms with E-state index in [9.17, 15) is 8.63 Å². The largest absolute Gasteiger partial charge is 0.995 e. The fourth-order valence-electron chi connectivity index (χ4n) is 3.06. The average molecular weight is 356 g/mol. The van der Waals surface area contributed by atoms with Crippen molar-refractivity contribution in [2.24, 2.45) is 0 Å². The lowest BCUT2D eigenvalue weighted by molar-refractivity contribution is -0.183. The maximum Gasteiger partial charge on any atom is 0.995 e. The molecule has 0 bridgehead atoms. The Bertz CT molecular complexity index is 809. The van der Waals surface area contributed by atoms with Crippen molar-refractivity contribution in [2.45, 2.75) is 39.5 Å². The first kappa shape index (κ1) is 18.4. The van der Waals surface area contributed by atoms with Gasteiger partial charge in [0.1, 0.15) is 0 Å². The van der Waals surface area contributed by atoms with Crippen molar-refractivity contribution in [2.75, 3.05) is 0 Å². The van der Waals surface area contributed by atoms with Crippen LogP contribution in [-0.4, -0.2) is 12.9 Å². The Morgan fingerprint density at radius 1 is 0.808 bits per heavy atom. The number of aryl methyl sites for hydroxylation is 2. The first-order valence-electron chi connectivity index (χ1n) is 9.16. The molecule has 0 spiro atoms. The maximum atomic E-state index is 14.0. The van der Waals surface area contributed by atoms with E-state index < -0.39 is 7.11 Å². The van der Waals surface area contributed by atoms with E-state index in [1.165, 1.54) is 11.1 Å². The second-order valence-corrected chi connectivity index (χ2v) is 6.54. The molecule has 0 amide bonds. The molecule has 2 nitrogen and oxygen atoms in total. The summed E-state index contributed by atoms with van der Waals surface area (Å²) in [5.41, 5.74) is 3.60. The molecule has 0 unspecified atom stereocenters. The summed E-state index contributed by atoms with van der Waals surface area (Å²) in [6.07, 6.45) is 5.55. The van der Waals surface area contributed by atoms with Crippen LogP contribution in [0.5, 0.6) is 0 Å². The summed E-state index contributed by atoms with van der Waals surface area (Å²) in [6.45, 7) is 4.21. The molecule has 1 aliphatic heterocycles. The number of carbonyl (C=O) groups excluding carboxylic acids is 1. The fraction of sp³-hybridized carbons (Fsp3) is 0.286. The first-order valence-corrected chi connectivity index (χ1v) is 9.16. The third kappa shape index (κ3) is 4.40. The predicted octanol–water partition coefficient (Wildman–Crippen LogP) is 5.76. The van der Waals surface area contributed by atoms with Crippen molar-refractivity contribution in [1.82, 2.24) is 0 Å². The number of benzene rings is 2. The molecule has 2 aromatic rings. The summed E-state index contributed by atoms with van der Waals surface area (Å²) < 4.78 is 37.7. The third-order valence-electron chi connectivity index (χ3n) is 4.34. The highest BCUT2D eigenvalue weighted by atomic mass is 19.3. The molecule has 0 saturated carbocycles. The van der Waals surface area contributed by atoms with Crippen LogP contribution >= 0.6 is 0 Å². The van der Waals surface area contributed by atoms with Gasteiger partial charge in [0.2, 0.25) is 0 Å². The zero-order chi connectivity index (χ0) is 18.6. The van der Waals surface area contributed by atoms with Gasteiger partial charge in [0.15, 0.2) is 0 Å². The van der Waals surface area contributed by atoms with Crippen LogP contribution in [0.1, 0.15) is 53.3 Å². The topological polar surface area (TPSA) is 20.5 Å². The van der Waals surface area contributed by atoms with Gasteiger partial charge in [0.25, 0.3) is 5.78 Å². The van der Waals surface area contributed by atoms with E-state index in [0.29, 0.717) is 11.1 Å². The van der Waals surface area contributed by atoms with Gasteiger partial charge in [-0.2, -0.15) is 0 Å². The molecule has 0 aliphatic carbocycles. The number of allylic oxidation sites excluding steroid dienone is 1. The fourth-order valence-corrected chi connectivity index (χ4v) is 3.06. The lowest BCUT2D eigenvalue weighted by atomic mass is 10.0. The lowest BCUT2D eigenvalue weighted by Gasteiger charge is -2.20. The van der Waals surface area contributed by atoms with Gasteiger partial charge >= 0.3 is 7.11 Å². The minimum atomic E-state index is -4.39. The number of rotatable bonds is 6. The summed E-state index contributed by atoms with van der Waals surface area (Å²) in [5.74, 6) is 0.272. The molecule has 0 fully saturated rings. The van der Waals surface area contributed by atoms with Crippen LogP contribution in [0.15, 0.2) is 54.6 Å². The standard InChI is InChI=1S/C21H23BF2O2/c1-3-5-16-7-11-18(12-8-16)20-15-21(26-22(23,24)25-20)19-13-9-17(6-4-2)10-14-19/h7-15H,3-6H2,1-2H3. The minimum absolute atomic E-state index is 0.136. The van der Waals surface area contributed by atoms with Gasteiger partial charge in [0, 0.05) is 5.56 Å². The van der Waals surface area contributed by atoms with Crippen LogP contribution in [0.2, 0.25) is 0 Å². The average Bonchev–Trinajstić information content (AvgIpc) is 2.62. The number of halogens is 2. The molecule has 3 rings (SSSR count). The molecule has 2 aromatic carbocycles. The van der Waals surface area contributed by atoms with E-state index in [2.05, 4.69) is 13.8 Å². The highest BCUT2D eigenvalue weighted by Gasteiger charge is 2.53. The van der Waals surface area contributed by atoms with Crippen molar-refractivity contribution in [3.8, 4) is 0 Å². The number of ketones is 1. The van der Waals surface area contributed by atoms with Gasteiger partial charge in [-0.05, 0) is 36.1 Å². The predicted molar refractivity (Wildman–Crippen MR) is 102 cm³/mol. The van der Waals surface area contributed by atoms with Crippen molar-refractivity contribution in [3.63, 3.8) is 0 Å². The smallest absolute Gasteiger partial charge is 0.569 e. The number of hydrogen-bond donors (Lipinski definition) is 0. The summed E-state index contributed by atoms with van der Waals surface area (Å²) in [4.78, 5) is 0. The van der Waals surface area contributed by atoms with E-state index in [1.807, 2.05) is 48.5 Å². The van der Waals surface area contributed by atoms with Crippen LogP contribution in [-0.2, 0) is 17.5 Å². The lowest BCUT2D eigenvalue weighted by Crippen LogP contribution is -2.31. The Hall–Kier alpha value is -2.43. The highest BCUT2D eigenvalue weighted by Crippen LogP contribution is 2.29. The monoisotopic (exact) mass is 356 g/mol. The second kappa shape index (κ2) is 7.86. The highest BCUT2D eigenvalue weighted by molar-refractivity contribution is 6.52. The van der Waals surface area contributed by atoms with Gasteiger partial charge in [-0.3, -0.25) is 0 Å². The summed E-state index contributed by atoms with van der Waals surface area (Å²) in [6, 6.07) is 15.1. The minimum Gasteiger partial charge on any atom is -0.569 e. The molecule has 1 aliphatic rings. The number of hydrogen-bond acceptors (Lipinski definition) is 1. The molecule has 0 atom stereocenters. The van der Waals surface area contributed by atoms with Crippen molar-refractivity contribution >= 4 is 18.6 Å². The molecule has 0 aromatic heterocycles. The van der Waals surface area contributed by atoms with Crippen molar-refractivity contribution in [3.05, 3.63) is 76.9 Å². The second-order valence-electron chi connectivity index (χ2n) is 6.54. The SMILES string of the molecule is CCCc1ccc(C2=CC(c3ccc(CCC)cc3)=[O+][B-](F)(F)O2)cc1. The Balaban J connectivity index is 1.90. The molecule has 0 radical (unpaired) electrons. The molecule has 0 saturated heterocycles. The van der Waals surface area contributed by atoms with E-state index >= 15 is 0 Å². The maximum absolute atomic E-state index is 14.0. The normalized spacial score (nSPS) is 15.8. The molecule has 26 heavy (non-hydrogen) atoms. The zero-order valence-electron chi connectivity index (χ0n) is 15.2. The van der Waals surface area contributed by atoms with Crippen LogP contribution < -0.4 is 0 Å². The van der Waals surface area contributed by atoms with Crippen molar-refractivity contribution in [1.29, 1.82) is 0 Å². The summed E-state index contributed by atoms with van der Waals surface area (Å²) >= 11 is 0. The van der Waals surface area contributed by atoms with Crippen LogP contribution in [0.25, 0.3) is 5.76 Å². The van der Waals surface area contributed by atoms with Gasteiger partial charge in [-0.15, -0.1) is 0 Å². The van der Waals surface area contributed by atoms with Crippen LogP contribution in [0.4, 0.5) is 8.63 Å². The van der Waals surface area contributed by atoms with Gasteiger partial charge in [-0.1, -0.05) is 63.1 Å². The van der Waals surface area contributed by atoms with Crippen LogP contribution in [0.3, 0.4) is 0 Å². The Morgan fingerprint density at radius 2 is 1.31 bits per heavy atom. The Morgan fingerprint density at radius 3 is 1.81 bits per heavy atom. The molecule has 0 N–H and O–H groups in total. The van der Waals surface area contributed by atoms with Crippen molar-refractivity contribution < 1.29 is 17.6 Å². The van der Waals surface area contributed by atoms with Gasteiger partial charge in [0.05, 0.1) is 17.4 Å². The first-order chi connectivity index (χ1) is 12.5. The molecule has 5 heteroatoms. The van der Waals surface area contributed by atoms with Gasteiger partial charge < -0.3 is 17.6 Å². The quantitative estimate of drug-likeness (QED) is 0.476. The van der Waals surface area contributed by atoms with E-state index in [1.54, 1.807) is 6.08 Å². The van der Waals surface area contributed by atoms with E-state index in [-0.39, 0.29) is 11.5 Å². The Kier molecular flexibility index (Phi) is 5.55. The molecular formula is C21H23BF2O2. The van der Waals surface area contributed by atoms with Crippen LogP contribution in [0, 0.1) is 0 Å². The zero-order valence-corrected chi connectivity index (χ0v) is 15.2. The third-order valence-corrected chi connectivity index (χ3v) is 4.34. The molecule has 136 valence electrons. The molecule has 1 heterocycles. The molecular weight excluding hydrogens is 333 g/mol.